The monoisotopic (exact) mass is 293 g/mol. The van der Waals surface area contributed by atoms with E-state index in [1.54, 1.807) is 22.0 Å². The molecule has 0 aliphatic heterocycles. The summed E-state index contributed by atoms with van der Waals surface area (Å²) in [5.41, 5.74) is 2.47. The summed E-state index contributed by atoms with van der Waals surface area (Å²) in [6.07, 6.45) is 3.84. The van der Waals surface area contributed by atoms with Crippen molar-refractivity contribution in [3.63, 3.8) is 0 Å². The van der Waals surface area contributed by atoms with Gasteiger partial charge in [0.25, 0.3) is 0 Å². The van der Waals surface area contributed by atoms with E-state index in [4.69, 9.17) is 0 Å². The second kappa shape index (κ2) is 4.75. The van der Waals surface area contributed by atoms with E-state index in [0.717, 1.165) is 22.3 Å². The van der Waals surface area contributed by atoms with Crippen LogP contribution in [0.2, 0.25) is 0 Å². The van der Waals surface area contributed by atoms with Gasteiger partial charge in [0, 0.05) is 16.3 Å². The topological polar surface area (TPSA) is 56.0 Å². The fraction of sp³-hybridized carbons (Fsp3) is 0.0667. The van der Waals surface area contributed by atoms with Gasteiger partial charge in [0.2, 0.25) is 5.82 Å². The van der Waals surface area contributed by atoms with Crippen molar-refractivity contribution in [2.45, 2.75) is 6.92 Å². The van der Waals surface area contributed by atoms with Crippen LogP contribution in [0.1, 0.15) is 10.6 Å². The summed E-state index contributed by atoms with van der Waals surface area (Å²) in [7, 11) is 0. The van der Waals surface area contributed by atoms with Crippen molar-refractivity contribution in [2.75, 3.05) is 0 Å². The summed E-state index contributed by atoms with van der Waals surface area (Å²) in [6, 6.07) is 9.81. The minimum absolute atomic E-state index is 0.666. The third-order valence-corrected chi connectivity index (χ3v) is 4.06. The molecule has 0 amide bonds. The average molecular weight is 293 g/mol. The summed E-state index contributed by atoms with van der Waals surface area (Å²) in [4.78, 5) is 5.49. The lowest BCUT2D eigenvalue weighted by molar-refractivity contribution is 0.930. The Morgan fingerprint density at radius 1 is 1.14 bits per heavy atom. The molecule has 4 rings (SSSR count). The van der Waals surface area contributed by atoms with Crippen LogP contribution in [-0.4, -0.2) is 24.8 Å². The van der Waals surface area contributed by atoms with E-state index in [1.807, 2.05) is 31.2 Å². The number of thiophene rings is 1. The molecule has 0 atom stereocenters. The molecule has 0 bridgehead atoms. The summed E-state index contributed by atoms with van der Waals surface area (Å²) in [6.45, 7) is 1.98. The SMILES string of the molecule is Cc1nn2c(-c3ccccn3)nnc2c1=Cc1cccs1. The number of hydrogen-bond donors (Lipinski definition) is 0. The third-order valence-electron chi connectivity index (χ3n) is 3.25. The van der Waals surface area contributed by atoms with Gasteiger partial charge in [0.1, 0.15) is 5.69 Å². The maximum absolute atomic E-state index is 4.56. The zero-order valence-corrected chi connectivity index (χ0v) is 12.1. The Kier molecular flexibility index (Phi) is 2.75. The van der Waals surface area contributed by atoms with Gasteiger partial charge in [-0.2, -0.15) is 9.61 Å². The Balaban J connectivity index is 1.96. The number of fused-ring (bicyclic) bond motifs is 1. The number of rotatable bonds is 2. The van der Waals surface area contributed by atoms with E-state index in [0.29, 0.717) is 5.82 Å². The Morgan fingerprint density at radius 2 is 2.10 bits per heavy atom. The lowest BCUT2D eigenvalue weighted by atomic mass is 10.3. The normalized spacial score (nSPS) is 12.3. The molecule has 0 aliphatic rings. The predicted octanol–water partition coefficient (Wildman–Crippen LogP) is 2.10. The number of nitrogens with zero attached hydrogens (tertiary/aromatic N) is 5. The lowest BCUT2D eigenvalue weighted by Crippen LogP contribution is -2.02. The standard InChI is InChI=1S/C15H11N5S/c1-10-12(9-11-5-4-8-21-11)14-17-18-15(20(14)19-10)13-6-2-3-7-16-13/h2-9H,1H3. The van der Waals surface area contributed by atoms with Gasteiger partial charge in [-0.25, -0.2) is 0 Å². The van der Waals surface area contributed by atoms with Crippen LogP contribution < -0.4 is 5.22 Å². The zero-order valence-electron chi connectivity index (χ0n) is 11.3. The average Bonchev–Trinajstić information content (AvgIpc) is 3.20. The highest BCUT2D eigenvalue weighted by atomic mass is 32.1. The molecule has 4 aromatic rings. The summed E-state index contributed by atoms with van der Waals surface area (Å²) in [5.74, 6) is 0.666. The number of hydrogen-bond acceptors (Lipinski definition) is 5. The van der Waals surface area contributed by atoms with Crippen LogP contribution in [-0.2, 0) is 0 Å². The Bertz CT molecular complexity index is 941. The van der Waals surface area contributed by atoms with Crippen molar-refractivity contribution in [3.8, 4) is 11.5 Å². The minimum atomic E-state index is 0.666. The predicted molar refractivity (Wildman–Crippen MR) is 81.9 cm³/mol. The summed E-state index contributed by atoms with van der Waals surface area (Å²) >= 11 is 1.69. The molecule has 0 aliphatic carbocycles. The Morgan fingerprint density at radius 3 is 2.86 bits per heavy atom. The third kappa shape index (κ3) is 2.00. The van der Waals surface area contributed by atoms with Crippen LogP contribution in [0, 0.1) is 6.92 Å². The summed E-state index contributed by atoms with van der Waals surface area (Å²) < 4.78 is 1.76. The molecule has 4 heterocycles. The molecule has 0 saturated heterocycles. The molecule has 0 unspecified atom stereocenters. The van der Waals surface area contributed by atoms with Crippen LogP contribution in [0.5, 0.6) is 0 Å². The highest BCUT2D eigenvalue weighted by molar-refractivity contribution is 7.10. The fourth-order valence-corrected chi connectivity index (χ4v) is 2.90. The highest BCUT2D eigenvalue weighted by Crippen LogP contribution is 2.14. The first-order valence-corrected chi connectivity index (χ1v) is 7.39. The maximum Gasteiger partial charge on any atom is 0.203 e. The maximum atomic E-state index is 4.56. The number of aryl methyl sites for hydroxylation is 1. The van der Waals surface area contributed by atoms with Crippen LogP contribution in [0.15, 0.2) is 41.9 Å². The van der Waals surface area contributed by atoms with Crippen molar-refractivity contribution in [1.82, 2.24) is 24.8 Å². The summed E-state index contributed by atoms with van der Waals surface area (Å²) in [5, 5.41) is 16.1. The smallest absolute Gasteiger partial charge is 0.203 e. The lowest BCUT2D eigenvalue weighted by Gasteiger charge is -1.93. The van der Waals surface area contributed by atoms with Gasteiger partial charge in [-0.1, -0.05) is 12.1 Å². The van der Waals surface area contributed by atoms with Crippen molar-refractivity contribution in [1.29, 1.82) is 0 Å². The van der Waals surface area contributed by atoms with Gasteiger partial charge >= 0.3 is 0 Å². The van der Waals surface area contributed by atoms with Gasteiger partial charge in [-0.05, 0) is 36.6 Å². The van der Waals surface area contributed by atoms with Crippen LogP contribution in [0.25, 0.3) is 23.2 Å². The molecule has 4 aromatic heterocycles. The van der Waals surface area contributed by atoms with Crippen LogP contribution in [0.3, 0.4) is 0 Å². The van der Waals surface area contributed by atoms with Gasteiger partial charge in [-0.15, -0.1) is 21.5 Å². The molecule has 0 radical (unpaired) electrons. The minimum Gasteiger partial charge on any atom is -0.253 e. The van der Waals surface area contributed by atoms with Crippen molar-refractivity contribution < 1.29 is 0 Å². The van der Waals surface area contributed by atoms with Crippen LogP contribution in [0.4, 0.5) is 0 Å². The number of aromatic nitrogens is 5. The molecule has 0 aromatic carbocycles. The van der Waals surface area contributed by atoms with Crippen molar-refractivity contribution in [3.05, 3.63) is 57.7 Å². The first-order chi connectivity index (χ1) is 10.3. The molecular formula is C15H11N5S. The molecule has 102 valence electrons. The molecule has 21 heavy (non-hydrogen) atoms. The van der Waals surface area contributed by atoms with E-state index in [2.05, 4.69) is 37.8 Å². The van der Waals surface area contributed by atoms with E-state index < -0.39 is 0 Å². The second-order valence-electron chi connectivity index (χ2n) is 4.63. The molecule has 0 fully saturated rings. The molecule has 5 nitrogen and oxygen atoms in total. The van der Waals surface area contributed by atoms with Crippen LogP contribution >= 0.6 is 11.3 Å². The second-order valence-corrected chi connectivity index (χ2v) is 5.61. The number of pyridine rings is 1. The van der Waals surface area contributed by atoms with Crippen molar-refractivity contribution >= 4 is 23.1 Å². The van der Waals surface area contributed by atoms with Gasteiger partial charge in [0.15, 0.2) is 5.65 Å². The first kappa shape index (κ1) is 12.2. The first-order valence-electron chi connectivity index (χ1n) is 6.51. The van der Waals surface area contributed by atoms with E-state index in [-0.39, 0.29) is 0 Å². The molecule has 0 saturated carbocycles. The Labute approximate surface area is 124 Å². The fourth-order valence-electron chi connectivity index (χ4n) is 2.25. The quantitative estimate of drug-likeness (QED) is 0.568. The molecular weight excluding hydrogens is 282 g/mol. The van der Waals surface area contributed by atoms with Gasteiger partial charge in [-0.3, -0.25) is 4.98 Å². The molecule has 6 heteroatoms. The van der Waals surface area contributed by atoms with E-state index >= 15 is 0 Å². The van der Waals surface area contributed by atoms with E-state index in [1.165, 1.54) is 4.88 Å². The molecule has 0 spiro atoms. The van der Waals surface area contributed by atoms with Gasteiger partial charge in [0.05, 0.1) is 5.69 Å². The largest absolute Gasteiger partial charge is 0.253 e. The highest BCUT2D eigenvalue weighted by Gasteiger charge is 2.14. The zero-order chi connectivity index (χ0) is 14.2. The Hall–Kier alpha value is -2.60. The van der Waals surface area contributed by atoms with Crippen molar-refractivity contribution in [2.24, 2.45) is 0 Å². The van der Waals surface area contributed by atoms with E-state index in [9.17, 15) is 0 Å². The molecule has 0 N–H and O–H groups in total. The van der Waals surface area contributed by atoms with Gasteiger partial charge < -0.3 is 0 Å².